The Hall–Kier alpha value is -0.470. The van der Waals surface area contributed by atoms with Crippen LogP contribution in [0.15, 0.2) is 29.2 Å². The predicted octanol–water partition coefficient (Wildman–Crippen LogP) is 5.16. The minimum atomic E-state index is -0.210. The number of hydrogen-bond acceptors (Lipinski definition) is 2. The van der Waals surface area contributed by atoms with Crippen molar-refractivity contribution >= 4 is 12.6 Å². The summed E-state index contributed by atoms with van der Waals surface area (Å²) in [7, 11) is 0. The fraction of sp³-hybridized carbons (Fsp3) is 0.684. The van der Waals surface area contributed by atoms with Gasteiger partial charge in [0.2, 0.25) is 0 Å². The molecule has 0 aromatic heterocycles. The zero-order valence-electron chi connectivity index (χ0n) is 13.7. The molecule has 3 rings (SSSR count). The smallest absolute Gasteiger partial charge is 0.0875 e. The highest BCUT2D eigenvalue weighted by Crippen LogP contribution is 2.55. The van der Waals surface area contributed by atoms with Gasteiger partial charge < -0.3 is 4.74 Å². The summed E-state index contributed by atoms with van der Waals surface area (Å²) >= 11 is 4.36. The Bertz CT molecular complexity index is 491. The van der Waals surface area contributed by atoms with Crippen molar-refractivity contribution in [3.8, 4) is 0 Å². The molecule has 5 atom stereocenters. The second kappa shape index (κ2) is 5.62. The van der Waals surface area contributed by atoms with Gasteiger partial charge in [-0.15, -0.1) is 12.6 Å². The van der Waals surface area contributed by atoms with E-state index in [9.17, 15) is 0 Å². The molecule has 2 aliphatic rings. The third-order valence-corrected chi connectivity index (χ3v) is 6.55. The van der Waals surface area contributed by atoms with Gasteiger partial charge in [-0.1, -0.05) is 26.0 Å². The van der Waals surface area contributed by atoms with Crippen LogP contribution in [0.4, 0.5) is 0 Å². The van der Waals surface area contributed by atoms with Crippen LogP contribution in [0, 0.1) is 29.6 Å². The Morgan fingerprint density at radius 2 is 1.76 bits per heavy atom. The van der Waals surface area contributed by atoms with Crippen LogP contribution >= 0.6 is 12.6 Å². The first-order valence-corrected chi connectivity index (χ1v) is 8.76. The molecule has 2 saturated carbocycles. The number of rotatable bonds is 4. The monoisotopic (exact) mass is 304 g/mol. The van der Waals surface area contributed by atoms with Gasteiger partial charge in [-0.25, -0.2) is 0 Å². The van der Waals surface area contributed by atoms with Crippen molar-refractivity contribution in [2.45, 2.75) is 51.0 Å². The fourth-order valence-corrected chi connectivity index (χ4v) is 4.70. The normalized spacial score (nSPS) is 35.4. The third-order valence-electron chi connectivity index (χ3n) is 6.25. The average molecular weight is 304 g/mol. The zero-order chi connectivity index (χ0) is 15.2. The Kier molecular flexibility index (Phi) is 4.13. The first kappa shape index (κ1) is 15.4. The topological polar surface area (TPSA) is 9.23 Å². The van der Waals surface area contributed by atoms with Crippen molar-refractivity contribution in [1.29, 1.82) is 0 Å². The molecule has 2 fully saturated rings. The lowest BCUT2D eigenvalue weighted by atomic mass is 9.76. The van der Waals surface area contributed by atoms with E-state index in [-0.39, 0.29) is 5.60 Å². The molecule has 116 valence electrons. The lowest BCUT2D eigenvalue weighted by Gasteiger charge is -2.34. The molecular formula is C19H28OS. The molecule has 2 aliphatic carbocycles. The minimum absolute atomic E-state index is 0.210. The maximum Gasteiger partial charge on any atom is 0.0875 e. The highest BCUT2D eigenvalue weighted by molar-refractivity contribution is 7.80. The van der Waals surface area contributed by atoms with Crippen LogP contribution in [-0.4, -0.2) is 6.61 Å². The number of fused-ring (bicyclic) bond motifs is 2. The van der Waals surface area contributed by atoms with Gasteiger partial charge in [0.1, 0.15) is 0 Å². The van der Waals surface area contributed by atoms with Crippen molar-refractivity contribution in [2.75, 3.05) is 6.61 Å². The predicted molar refractivity (Wildman–Crippen MR) is 90.7 cm³/mol. The second-order valence-electron chi connectivity index (χ2n) is 7.74. The quantitative estimate of drug-likeness (QED) is 0.756. The third kappa shape index (κ3) is 2.90. The van der Waals surface area contributed by atoms with Crippen LogP contribution in [0.2, 0.25) is 0 Å². The summed E-state index contributed by atoms with van der Waals surface area (Å²) in [4.78, 5) is 1.01. The van der Waals surface area contributed by atoms with Crippen molar-refractivity contribution < 1.29 is 4.74 Å². The van der Waals surface area contributed by atoms with Crippen LogP contribution in [0.5, 0.6) is 0 Å². The van der Waals surface area contributed by atoms with Crippen molar-refractivity contribution in [2.24, 2.45) is 29.6 Å². The van der Waals surface area contributed by atoms with E-state index in [1.165, 1.54) is 18.4 Å². The Balaban J connectivity index is 1.61. The fourth-order valence-electron chi connectivity index (χ4n) is 4.55. The van der Waals surface area contributed by atoms with Crippen molar-refractivity contribution in [3.05, 3.63) is 29.8 Å². The van der Waals surface area contributed by atoms with E-state index in [1.54, 1.807) is 0 Å². The molecule has 0 aliphatic heterocycles. The Labute approximate surface area is 134 Å². The first-order chi connectivity index (χ1) is 9.88. The molecule has 0 amide bonds. The molecule has 0 spiro atoms. The molecule has 2 bridgehead atoms. The largest absolute Gasteiger partial charge is 0.371 e. The van der Waals surface area contributed by atoms with Gasteiger partial charge >= 0.3 is 0 Å². The van der Waals surface area contributed by atoms with Crippen LogP contribution < -0.4 is 0 Å². The van der Waals surface area contributed by atoms with E-state index in [0.717, 1.165) is 41.1 Å². The van der Waals surface area contributed by atoms with Crippen LogP contribution in [0.1, 0.15) is 46.1 Å². The summed E-state index contributed by atoms with van der Waals surface area (Å²) in [5, 5.41) is 0. The van der Waals surface area contributed by atoms with Crippen LogP contribution in [0.25, 0.3) is 0 Å². The van der Waals surface area contributed by atoms with E-state index >= 15 is 0 Å². The molecule has 5 unspecified atom stereocenters. The van der Waals surface area contributed by atoms with E-state index in [4.69, 9.17) is 4.74 Å². The summed E-state index contributed by atoms with van der Waals surface area (Å²) in [5.41, 5.74) is 1.03. The molecule has 21 heavy (non-hydrogen) atoms. The van der Waals surface area contributed by atoms with Crippen molar-refractivity contribution in [1.82, 2.24) is 0 Å². The summed E-state index contributed by atoms with van der Waals surface area (Å²) in [6.45, 7) is 10.2. The molecule has 1 aromatic rings. The molecule has 0 radical (unpaired) electrons. The highest BCUT2D eigenvalue weighted by atomic mass is 32.1. The van der Waals surface area contributed by atoms with Gasteiger partial charge in [0.25, 0.3) is 0 Å². The van der Waals surface area contributed by atoms with E-state index in [2.05, 4.69) is 52.5 Å². The molecular weight excluding hydrogens is 276 g/mol. The molecule has 1 nitrogen and oxygen atoms in total. The molecule has 0 N–H and O–H groups in total. The molecule has 1 aromatic carbocycles. The van der Waals surface area contributed by atoms with E-state index in [1.807, 2.05) is 12.1 Å². The number of thiol groups is 1. The number of benzene rings is 1. The molecule has 0 saturated heterocycles. The standard InChI is InChI=1S/C19H28OS/c1-12-13(2)18-10-14(12)9-15(18)11-20-19(3,4)16-5-7-17(21)8-6-16/h5-8,12-15,18,21H,9-11H2,1-4H3. The summed E-state index contributed by atoms with van der Waals surface area (Å²) < 4.78 is 6.35. The number of hydrogen-bond donors (Lipinski definition) is 1. The highest BCUT2D eigenvalue weighted by Gasteiger charge is 2.48. The SMILES string of the molecule is CC1C2CC(COC(C)(C)c3ccc(S)cc3)C(C2)C1C. The van der Waals surface area contributed by atoms with E-state index < -0.39 is 0 Å². The second-order valence-corrected chi connectivity index (χ2v) is 8.26. The van der Waals surface area contributed by atoms with Gasteiger partial charge in [-0.2, -0.15) is 0 Å². The average Bonchev–Trinajstić information content (AvgIpc) is 2.98. The maximum absolute atomic E-state index is 6.35. The molecule has 0 heterocycles. The first-order valence-electron chi connectivity index (χ1n) is 8.32. The lowest BCUT2D eigenvalue weighted by Crippen LogP contribution is -2.31. The van der Waals surface area contributed by atoms with Gasteiger partial charge in [-0.3, -0.25) is 0 Å². The van der Waals surface area contributed by atoms with Crippen LogP contribution in [-0.2, 0) is 10.3 Å². The zero-order valence-corrected chi connectivity index (χ0v) is 14.6. The molecule has 2 heteroatoms. The van der Waals surface area contributed by atoms with Crippen LogP contribution in [0.3, 0.4) is 0 Å². The summed E-state index contributed by atoms with van der Waals surface area (Å²) in [6.07, 6.45) is 2.81. The van der Waals surface area contributed by atoms with Gasteiger partial charge in [-0.05, 0) is 74.0 Å². The Morgan fingerprint density at radius 1 is 1.10 bits per heavy atom. The number of ether oxygens (including phenoxy) is 1. The van der Waals surface area contributed by atoms with Crippen molar-refractivity contribution in [3.63, 3.8) is 0 Å². The minimum Gasteiger partial charge on any atom is -0.371 e. The van der Waals surface area contributed by atoms with Gasteiger partial charge in [0, 0.05) is 4.90 Å². The lowest BCUT2D eigenvalue weighted by molar-refractivity contribution is -0.0540. The maximum atomic E-state index is 6.35. The van der Waals surface area contributed by atoms with Gasteiger partial charge in [0.15, 0.2) is 0 Å². The summed E-state index contributed by atoms with van der Waals surface area (Å²) in [6, 6.07) is 8.36. The Morgan fingerprint density at radius 3 is 2.33 bits per heavy atom. The summed E-state index contributed by atoms with van der Waals surface area (Å²) in [5.74, 6) is 4.40. The van der Waals surface area contributed by atoms with E-state index in [0.29, 0.717) is 0 Å². The van der Waals surface area contributed by atoms with Gasteiger partial charge in [0.05, 0.1) is 12.2 Å².